The first kappa shape index (κ1) is 18.8. The number of carbonyl (C=O) groups excluding carboxylic acids is 1. The Morgan fingerprint density at radius 2 is 2.00 bits per heavy atom. The van der Waals surface area contributed by atoms with Gasteiger partial charge in [0.25, 0.3) is 5.91 Å². The van der Waals surface area contributed by atoms with Crippen LogP contribution in [0.3, 0.4) is 0 Å². The lowest BCUT2D eigenvalue weighted by Crippen LogP contribution is -2.17. The molecule has 3 rings (SSSR count). The maximum Gasteiger partial charge on any atom is 0.277 e. The monoisotopic (exact) mass is 367 g/mol. The van der Waals surface area contributed by atoms with Gasteiger partial charge < -0.3 is 10.4 Å². The lowest BCUT2D eigenvalue weighted by molar-refractivity contribution is 0.102. The van der Waals surface area contributed by atoms with Crippen molar-refractivity contribution in [2.75, 3.05) is 11.9 Å². The molecule has 3 N–H and O–H groups in total. The van der Waals surface area contributed by atoms with Crippen molar-refractivity contribution < 1.29 is 9.90 Å². The Bertz CT molecular complexity index is 949. The van der Waals surface area contributed by atoms with Gasteiger partial charge in [0.1, 0.15) is 5.82 Å². The number of aryl methyl sites for hydroxylation is 1. The molecule has 0 fully saturated rings. The fraction of sp³-hybridized carbons (Fsp3) is 0.350. The third kappa shape index (κ3) is 4.09. The smallest absolute Gasteiger partial charge is 0.277 e. The van der Waals surface area contributed by atoms with E-state index >= 15 is 0 Å². The second-order valence-electron chi connectivity index (χ2n) is 7.55. The number of nitrogens with one attached hydrogen (secondary N) is 2. The average Bonchev–Trinajstić information content (AvgIpc) is 3.23. The minimum Gasteiger partial charge on any atom is -0.394 e. The van der Waals surface area contributed by atoms with Crippen molar-refractivity contribution in [3.63, 3.8) is 0 Å². The van der Waals surface area contributed by atoms with Crippen LogP contribution in [-0.4, -0.2) is 37.6 Å². The topological polar surface area (TPSA) is 95.8 Å². The lowest BCUT2D eigenvalue weighted by atomic mass is 9.92. The van der Waals surface area contributed by atoms with E-state index in [2.05, 4.69) is 20.6 Å². The van der Waals surface area contributed by atoms with E-state index in [4.69, 9.17) is 0 Å². The molecule has 0 aliphatic rings. The average molecular weight is 367 g/mol. The highest BCUT2D eigenvalue weighted by Crippen LogP contribution is 2.25. The highest BCUT2D eigenvalue weighted by atomic mass is 16.3. The summed E-state index contributed by atoms with van der Waals surface area (Å²) in [6.07, 6.45) is 0. The van der Waals surface area contributed by atoms with Gasteiger partial charge in [0.05, 0.1) is 18.8 Å². The first-order chi connectivity index (χ1) is 12.8. The predicted octanol–water partition coefficient (Wildman–Crippen LogP) is 3.12. The number of nitrogens with zero attached hydrogens (tertiary/aromatic N) is 3. The zero-order valence-electron chi connectivity index (χ0n) is 16.1. The minimum atomic E-state index is -0.322. The van der Waals surface area contributed by atoms with Crippen molar-refractivity contribution in [3.8, 4) is 11.3 Å². The molecular formula is C20H25N5O2. The van der Waals surface area contributed by atoms with Crippen LogP contribution in [0.2, 0.25) is 0 Å². The van der Waals surface area contributed by atoms with Crippen molar-refractivity contribution in [3.05, 3.63) is 53.3 Å². The number of aliphatic hydroxyl groups excluding tert-OH is 1. The van der Waals surface area contributed by atoms with E-state index in [1.54, 1.807) is 10.7 Å². The molecule has 0 unspecified atom stereocenters. The van der Waals surface area contributed by atoms with E-state index in [0.717, 1.165) is 22.5 Å². The van der Waals surface area contributed by atoms with E-state index in [1.165, 1.54) is 0 Å². The fourth-order valence-electron chi connectivity index (χ4n) is 2.78. The molecule has 0 saturated heterocycles. The minimum absolute atomic E-state index is 0.0751. The molecule has 7 nitrogen and oxygen atoms in total. The highest BCUT2D eigenvalue weighted by Gasteiger charge is 2.20. The summed E-state index contributed by atoms with van der Waals surface area (Å²) in [5.41, 5.74) is 3.90. The molecule has 1 amide bonds. The van der Waals surface area contributed by atoms with E-state index in [9.17, 15) is 9.90 Å². The molecule has 2 heterocycles. The van der Waals surface area contributed by atoms with Crippen molar-refractivity contribution in [1.82, 2.24) is 20.0 Å². The Hall–Kier alpha value is -2.93. The number of benzene rings is 1. The van der Waals surface area contributed by atoms with Crippen molar-refractivity contribution in [1.29, 1.82) is 0 Å². The van der Waals surface area contributed by atoms with Crippen molar-refractivity contribution in [2.24, 2.45) is 0 Å². The fourth-order valence-corrected chi connectivity index (χ4v) is 2.78. The maximum absolute atomic E-state index is 12.6. The summed E-state index contributed by atoms with van der Waals surface area (Å²) in [5.74, 6) is 0.199. The summed E-state index contributed by atoms with van der Waals surface area (Å²) in [5, 5.41) is 23.8. The standard InChI is InChI=1S/C20H25N5O2/c1-13-7-5-6-8-14(13)15-12-18(25(24-15)9-10-26)21-19(27)16-11-17(23-22-16)20(2,3)4/h5-8,11-12,26H,9-10H2,1-4H3,(H,21,27)(H,22,23). The zero-order valence-corrected chi connectivity index (χ0v) is 16.1. The molecule has 142 valence electrons. The van der Waals surface area contributed by atoms with Gasteiger partial charge in [-0.2, -0.15) is 10.2 Å². The van der Waals surface area contributed by atoms with Gasteiger partial charge in [0.15, 0.2) is 5.69 Å². The number of hydrogen-bond donors (Lipinski definition) is 3. The van der Waals surface area contributed by atoms with Crippen LogP contribution in [-0.2, 0) is 12.0 Å². The molecule has 0 aliphatic heterocycles. The molecule has 0 atom stereocenters. The van der Waals surface area contributed by atoms with Gasteiger partial charge in [-0.3, -0.25) is 9.89 Å². The first-order valence-electron chi connectivity index (χ1n) is 8.91. The number of H-pyrrole nitrogens is 1. The van der Waals surface area contributed by atoms with Crippen LogP contribution < -0.4 is 5.32 Å². The summed E-state index contributed by atoms with van der Waals surface area (Å²) in [6, 6.07) is 11.5. The molecule has 0 bridgehead atoms. The molecule has 1 aromatic carbocycles. The van der Waals surface area contributed by atoms with Crippen LogP contribution in [0.15, 0.2) is 36.4 Å². The Morgan fingerprint density at radius 3 is 2.63 bits per heavy atom. The normalized spacial score (nSPS) is 11.6. The molecule has 27 heavy (non-hydrogen) atoms. The van der Waals surface area contributed by atoms with Crippen LogP contribution >= 0.6 is 0 Å². The summed E-state index contributed by atoms with van der Waals surface area (Å²) in [4.78, 5) is 12.6. The van der Waals surface area contributed by atoms with Gasteiger partial charge in [0, 0.05) is 22.7 Å². The molecule has 0 aliphatic carbocycles. The molecule has 2 aromatic heterocycles. The SMILES string of the molecule is Cc1ccccc1-c1cc(NC(=O)c2cc(C(C)(C)C)[nH]n2)n(CCO)n1. The third-order valence-electron chi connectivity index (χ3n) is 4.37. The predicted molar refractivity (Wildman–Crippen MR) is 105 cm³/mol. The molecule has 3 aromatic rings. The van der Waals surface area contributed by atoms with Crippen LogP contribution in [0.4, 0.5) is 5.82 Å². The number of amides is 1. The Balaban J connectivity index is 1.88. The number of hydrogen-bond acceptors (Lipinski definition) is 4. The summed E-state index contributed by atoms with van der Waals surface area (Å²) in [7, 11) is 0. The van der Waals surface area contributed by atoms with Crippen LogP contribution in [0.25, 0.3) is 11.3 Å². The number of aromatic amines is 1. The summed E-state index contributed by atoms with van der Waals surface area (Å²) < 4.78 is 1.59. The quantitative estimate of drug-likeness (QED) is 0.645. The highest BCUT2D eigenvalue weighted by molar-refractivity contribution is 6.02. The Morgan fingerprint density at radius 1 is 1.26 bits per heavy atom. The third-order valence-corrected chi connectivity index (χ3v) is 4.37. The summed E-state index contributed by atoms with van der Waals surface area (Å²) in [6.45, 7) is 8.37. The molecule has 0 spiro atoms. The number of rotatable bonds is 5. The van der Waals surface area contributed by atoms with Gasteiger partial charge in [-0.25, -0.2) is 4.68 Å². The van der Waals surface area contributed by atoms with Gasteiger partial charge in [-0.05, 0) is 18.6 Å². The van der Waals surface area contributed by atoms with Gasteiger partial charge >= 0.3 is 0 Å². The molecular weight excluding hydrogens is 342 g/mol. The number of carbonyl (C=O) groups is 1. The van der Waals surface area contributed by atoms with Crippen LogP contribution in [0.5, 0.6) is 0 Å². The van der Waals surface area contributed by atoms with Crippen molar-refractivity contribution in [2.45, 2.75) is 39.7 Å². The molecule has 7 heteroatoms. The maximum atomic E-state index is 12.6. The second kappa shape index (κ2) is 7.36. The van der Waals surface area contributed by atoms with E-state index in [-0.39, 0.29) is 24.5 Å². The Labute approximate surface area is 158 Å². The van der Waals surface area contributed by atoms with E-state index in [0.29, 0.717) is 11.5 Å². The van der Waals surface area contributed by atoms with Gasteiger partial charge in [-0.15, -0.1) is 0 Å². The van der Waals surface area contributed by atoms with Crippen molar-refractivity contribution >= 4 is 11.7 Å². The Kier molecular flexibility index (Phi) is 5.14. The number of anilines is 1. The van der Waals surface area contributed by atoms with Crippen LogP contribution in [0, 0.1) is 6.92 Å². The molecule has 0 saturated carbocycles. The van der Waals surface area contributed by atoms with Gasteiger partial charge in [-0.1, -0.05) is 45.0 Å². The first-order valence-corrected chi connectivity index (χ1v) is 8.91. The summed E-state index contributed by atoms with van der Waals surface area (Å²) >= 11 is 0. The molecule has 0 radical (unpaired) electrons. The van der Waals surface area contributed by atoms with Gasteiger partial charge in [0.2, 0.25) is 0 Å². The van der Waals surface area contributed by atoms with Crippen LogP contribution in [0.1, 0.15) is 42.5 Å². The lowest BCUT2D eigenvalue weighted by Gasteiger charge is -2.14. The zero-order chi connectivity index (χ0) is 19.6. The van der Waals surface area contributed by atoms with E-state index < -0.39 is 0 Å². The number of aromatic nitrogens is 4. The number of aliphatic hydroxyl groups is 1. The second-order valence-corrected chi connectivity index (χ2v) is 7.55. The van der Waals surface area contributed by atoms with E-state index in [1.807, 2.05) is 58.0 Å². The largest absolute Gasteiger partial charge is 0.394 e.